The Morgan fingerprint density at radius 3 is 2.09 bits per heavy atom. The Kier molecular flexibility index (Phi) is 9.53. The predicted octanol–water partition coefficient (Wildman–Crippen LogP) is 2.48. The summed E-state index contributed by atoms with van der Waals surface area (Å²) in [5.74, 6) is -1.91. The van der Waals surface area contributed by atoms with E-state index in [0.717, 1.165) is 34.1 Å². The van der Waals surface area contributed by atoms with E-state index in [1.54, 1.807) is 4.72 Å². The molecule has 5 rings (SSSR count). The molecule has 1 aliphatic rings. The van der Waals surface area contributed by atoms with Crippen LogP contribution in [-0.4, -0.2) is 65.8 Å². The number of oxime groups is 1. The molecule has 2 aromatic carbocycles. The molecule has 0 atom stereocenters. The molecule has 0 saturated heterocycles. The van der Waals surface area contributed by atoms with Crippen molar-refractivity contribution in [1.82, 2.24) is 19.1 Å². The zero-order valence-electron chi connectivity index (χ0n) is 24.3. The van der Waals surface area contributed by atoms with Gasteiger partial charge in [-0.05, 0) is 6.92 Å². The van der Waals surface area contributed by atoms with Gasteiger partial charge in [0.05, 0.1) is 26.2 Å². The van der Waals surface area contributed by atoms with Crippen LogP contribution in [0.5, 0.6) is 6.01 Å². The molecule has 0 spiro atoms. The Hall–Kier alpha value is -5.29. The number of ether oxygens (including phenoxy) is 2. The number of sulfonamides is 1. The number of esters is 1. The molecule has 45 heavy (non-hydrogen) atoms. The van der Waals surface area contributed by atoms with Crippen LogP contribution in [0.2, 0.25) is 0 Å². The summed E-state index contributed by atoms with van der Waals surface area (Å²) < 4.78 is 37.2. The monoisotopic (exact) mass is 657 g/mol. The van der Waals surface area contributed by atoms with Crippen LogP contribution in [-0.2, 0) is 37.0 Å². The second-order valence-electron chi connectivity index (χ2n) is 9.35. The van der Waals surface area contributed by atoms with Crippen molar-refractivity contribution >= 4 is 45.0 Å². The molecule has 1 aliphatic heterocycles. The van der Waals surface area contributed by atoms with Gasteiger partial charge in [-0.1, -0.05) is 65.8 Å². The first-order valence-corrected chi connectivity index (χ1v) is 15.3. The number of rotatable bonds is 7. The second-order valence-corrected chi connectivity index (χ2v) is 12.1. The SMILES string of the molecule is COC(=O)c1csc(C)c1S(=O)(=O)NC(=O)n1nc(OC)n(C)c1=O.O=C(O)C1=NOC(c2ccccc2)(c2ccccc2)C1. The zero-order chi connectivity index (χ0) is 32.9. The van der Waals surface area contributed by atoms with Gasteiger partial charge >= 0.3 is 29.7 Å². The van der Waals surface area contributed by atoms with Gasteiger partial charge in [0.25, 0.3) is 10.0 Å². The van der Waals surface area contributed by atoms with E-state index in [0.29, 0.717) is 4.68 Å². The van der Waals surface area contributed by atoms with Crippen LogP contribution in [0, 0.1) is 6.92 Å². The van der Waals surface area contributed by atoms with Crippen molar-refractivity contribution in [1.29, 1.82) is 0 Å². The van der Waals surface area contributed by atoms with E-state index in [1.807, 2.05) is 60.7 Å². The molecule has 0 fully saturated rings. The third-order valence-electron chi connectivity index (χ3n) is 6.58. The number of carboxylic acids is 1. The molecule has 3 heterocycles. The summed E-state index contributed by atoms with van der Waals surface area (Å²) in [7, 11) is -0.816. The fourth-order valence-electron chi connectivity index (χ4n) is 4.41. The maximum absolute atomic E-state index is 12.5. The number of nitrogens with one attached hydrogen (secondary N) is 1. The van der Waals surface area contributed by atoms with E-state index in [9.17, 15) is 27.6 Å². The number of aliphatic carboxylic acids is 1. The van der Waals surface area contributed by atoms with Crippen LogP contribution in [0.3, 0.4) is 0 Å². The summed E-state index contributed by atoms with van der Waals surface area (Å²) in [6, 6.07) is 17.6. The maximum Gasteiger partial charge on any atom is 0.360 e. The van der Waals surface area contributed by atoms with E-state index in [1.165, 1.54) is 26.5 Å². The van der Waals surface area contributed by atoms with Crippen molar-refractivity contribution in [2.24, 2.45) is 12.2 Å². The average Bonchev–Trinajstić information content (AvgIpc) is 3.74. The number of carboxylic acid groups (broad SMARTS) is 1. The lowest BCUT2D eigenvalue weighted by Crippen LogP contribution is -2.40. The van der Waals surface area contributed by atoms with Crippen LogP contribution < -0.4 is 15.1 Å². The van der Waals surface area contributed by atoms with Gasteiger partial charge < -0.3 is 19.4 Å². The lowest BCUT2D eigenvalue weighted by molar-refractivity contribution is -0.129. The number of aryl methyl sites for hydroxylation is 1. The van der Waals surface area contributed by atoms with Crippen molar-refractivity contribution < 1.29 is 42.2 Å². The molecular weight excluding hydrogens is 630 g/mol. The number of benzene rings is 2. The maximum atomic E-state index is 12.5. The minimum absolute atomic E-state index is 0.0395. The van der Waals surface area contributed by atoms with Crippen LogP contribution in [0.25, 0.3) is 0 Å². The smallest absolute Gasteiger partial charge is 0.360 e. The van der Waals surface area contributed by atoms with E-state index in [2.05, 4.69) is 15.0 Å². The van der Waals surface area contributed by atoms with E-state index in [4.69, 9.17) is 14.7 Å². The molecule has 1 amide bonds. The molecule has 0 radical (unpaired) electrons. The first-order valence-electron chi connectivity index (χ1n) is 12.9. The summed E-state index contributed by atoms with van der Waals surface area (Å²) in [6.07, 6.45) is 0.219. The first kappa shape index (κ1) is 32.6. The summed E-state index contributed by atoms with van der Waals surface area (Å²) in [5, 5.41) is 17.8. The number of amides is 1. The highest BCUT2D eigenvalue weighted by molar-refractivity contribution is 7.90. The Labute approximate surface area is 260 Å². The lowest BCUT2D eigenvalue weighted by atomic mass is 9.82. The minimum Gasteiger partial charge on any atom is -0.477 e. The van der Waals surface area contributed by atoms with Crippen LogP contribution in [0.1, 0.15) is 32.8 Å². The molecule has 17 heteroatoms. The topological polar surface area (TPSA) is 197 Å². The van der Waals surface area contributed by atoms with Crippen LogP contribution in [0.4, 0.5) is 4.79 Å². The summed E-state index contributed by atoms with van der Waals surface area (Å²) >= 11 is 0.998. The highest BCUT2D eigenvalue weighted by Crippen LogP contribution is 2.41. The molecule has 2 aromatic heterocycles. The normalized spacial score (nSPS) is 13.5. The van der Waals surface area contributed by atoms with Gasteiger partial charge in [-0.2, -0.15) is 0 Å². The molecule has 2 N–H and O–H groups in total. The van der Waals surface area contributed by atoms with Gasteiger partial charge in [-0.25, -0.2) is 36.9 Å². The van der Waals surface area contributed by atoms with E-state index in [-0.39, 0.29) is 28.6 Å². The molecule has 4 aromatic rings. The Bertz CT molecular complexity index is 1890. The first-order chi connectivity index (χ1) is 21.4. The van der Waals surface area contributed by atoms with Crippen molar-refractivity contribution in [3.8, 4) is 6.01 Å². The highest BCUT2D eigenvalue weighted by atomic mass is 32.2. The van der Waals surface area contributed by atoms with Crippen molar-refractivity contribution in [2.75, 3.05) is 14.2 Å². The second kappa shape index (κ2) is 13.1. The Morgan fingerprint density at radius 1 is 1.04 bits per heavy atom. The van der Waals surface area contributed by atoms with Gasteiger partial charge in [-0.3, -0.25) is 0 Å². The van der Waals surface area contributed by atoms with E-state index >= 15 is 0 Å². The molecular formula is C28H27N5O10S2. The molecule has 15 nitrogen and oxygen atoms in total. The highest BCUT2D eigenvalue weighted by Gasteiger charge is 2.44. The Balaban J connectivity index is 0.000000209. The van der Waals surface area contributed by atoms with Gasteiger partial charge in [0.2, 0.25) is 0 Å². The van der Waals surface area contributed by atoms with Crippen molar-refractivity contribution in [2.45, 2.75) is 23.8 Å². The molecule has 236 valence electrons. The van der Waals surface area contributed by atoms with Gasteiger partial charge in [0.15, 0.2) is 11.3 Å². The van der Waals surface area contributed by atoms with Gasteiger partial charge in [-0.15, -0.1) is 21.1 Å². The molecule has 0 bridgehead atoms. The predicted molar refractivity (Wildman–Crippen MR) is 160 cm³/mol. The van der Waals surface area contributed by atoms with Crippen LogP contribution in [0.15, 0.2) is 80.9 Å². The molecule has 0 aliphatic carbocycles. The Morgan fingerprint density at radius 2 is 1.62 bits per heavy atom. The molecule has 0 saturated carbocycles. The number of thiophene rings is 1. The quantitative estimate of drug-likeness (QED) is 0.277. The zero-order valence-corrected chi connectivity index (χ0v) is 25.9. The standard InChI is InChI=1S/C16H13NO3.C12H14N4O7S2/c18-15(19)14-11-16(20-17-14,12-7-3-1-4-8-12)13-9-5-2-6-10-13;1-6-8(7(5-24-6)9(17)22-3)25(20,21)14-10(18)16-12(19)15(2)11(13-16)23-4/h1-10H,11H2,(H,18,19);5H,1-4H3,(H,14,18). The van der Waals surface area contributed by atoms with Gasteiger partial charge in [0.1, 0.15) is 4.90 Å². The minimum atomic E-state index is -4.45. The summed E-state index contributed by atoms with van der Waals surface area (Å²) in [6.45, 7) is 1.46. The number of carbonyl (C=O) groups excluding carboxylic acids is 2. The van der Waals surface area contributed by atoms with Gasteiger partial charge in [0, 0.05) is 28.4 Å². The average molecular weight is 658 g/mol. The summed E-state index contributed by atoms with van der Waals surface area (Å²) in [5.41, 5.74) is -0.137. The number of methoxy groups -OCH3 is 2. The molecule has 0 unspecified atom stereocenters. The fourth-order valence-corrected chi connectivity index (χ4v) is 6.91. The van der Waals surface area contributed by atoms with Crippen molar-refractivity contribution in [3.05, 3.63) is 98.1 Å². The number of hydrogen-bond donors (Lipinski definition) is 2. The number of carbonyl (C=O) groups is 3. The largest absolute Gasteiger partial charge is 0.477 e. The number of hydrogen-bond acceptors (Lipinski definition) is 12. The number of aromatic nitrogens is 3. The third-order valence-corrected chi connectivity index (χ3v) is 9.13. The summed E-state index contributed by atoms with van der Waals surface area (Å²) in [4.78, 5) is 52.4. The van der Waals surface area contributed by atoms with E-state index < -0.39 is 44.2 Å². The van der Waals surface area contributed by atoms with Crippen LogP contribution >= 0.6 is 11.3 Å². The fraction of sp³-hybridized carbons (Fsp3) is 0.214. The lowest BCUT2D eigenvalue weighted by Gasteiger charge is -2.27. The third kappa shape index (κ3) is 6.48. The van der Waals surface area contributed by atoms with Crippen molar-refractivity contribution in [3.63, 3.8) is 0 Å². The number of nitrogens with zero attached hydrogens (tertiary/aromatic N) is 4.